The molecule has 0 heterocycles. The first kappa shape index (κ1) is 68.7. The zero-order chi connectivity index (χ0) is 53.4. The number of allylic oxidation sites excluding steroid dienone is 32. The van der Waals surface area contributed by atoms with E-state index in [-0.39, 0.29) is 31.6 Å². The Morgan fingerprint density at radius 2 is 0.554 bits per heavy atom. The van der Waals surface area contributed by atoms with Crippen LogP contribution in [0.2, 0.25) is 0 Å². The number of carbonyl (C=O) groups excluding carboxylic acids is 2. The van der Waals surface area contributed by atoms with Gasteiger partial charge >= 0.3 is 11.9 Å². The highest BCUT2D eigenvalue weighted by molar-refractivity contribution is 5.70. The van der Waals surface area contributed by atoms with Crippen LogP contribution in [0.15, 0.2) is 194 Å². The van der Waals surface area contributed by atoms with Gasteiger partial charge in [0.15, 0.2) is 6.10 Å². The van der Waals surface area contributed by atoms with E-state index < -0.39 is 6.10 Å². The predicted octanol–water partition coefficient (Wildman–Crippen LogP) is 20.1. The van der Waals surface area contributed by atoms with Gasteiger partial charge in [-0.25, -0.2) is 0 Å². The summed E-state index contributed by atoms with van der Waals surface area (Å²) in [6, 6.07) is 0. The number of ether oxygens (including phenoxy) is 2. The molecule has 0 aromatic carbocycles. The summed E-state index contributed by atoms with van der Waals surface area (Å²) in [5.41, 5.74) is 0. The van der Waals surface area contributed by atoms with Crippen molar-refractivity contribution in [2.75, 3.05) is 13.2 Å². The van der Waals surface area contributed by atoms with E-state index in [1.807, 2.05) is 0 Å². The fourth-order valence-corrected chi connectivity index (χ4v) is 7.12. The van der Waals surface area contributed by atoms with Gasteiger partial charge in [-0.2, -0.15) is 0 Å². The molecule has 74 heavy (non-hydrogen) atoms. The van der Waals surface area contributed by atoms with Crippen molar-refractivity contribution in [3.8, 4) is 0 Å². The van der Waals surface area contributed by atoms with E-state index >= 15 is 0 Å². The molecule has 0 fully saturated rings. The van der Waals surface area contributed by atoms with Crippen molar-refractivity contribution >= 4 is 11.9 Å². The maximum Gasteiger partial charge on any atom is 0.306 e. The average molecular weight is 1010 g/mol. The number of hydrogen-bond acceptors (Lipinski definition) is 5. The van der Waals surface area contributed by atoms with Gasteiger partial charge in [-0.15, -0.1) is 0 Å². The SMILES string of the molecule is CC/C=C\C/C=C\C/C=C\C/C=C\C/C=C\C/C=C\C/C=C\C/C=C\C/C=C\CCCC(=O)OC(CO)COC(=O)CCCCCCCCCCC/C=C\C/C=C\C/C=C\C/C=C\C/C=C\C/C=C\C/C=C\CC. The predicted molar refractivity (Wildman–Crippen MR) is 324 cm³/mol. The molecule has 0 amide bonds. The molecule has 0 spiro atoms. The molecule has 0 aromatic rings. The van der Waals surface area contributed by atoms with Crippen LogP contribution in [-0.2, 0) is 19.1 Å². The molecular formula is C69H104O5. The summed E-state index contributed by atoms with van der Waals surface area (Å²) in [7, 11) is 0. The molecule has 0 saturated heterocycles. The topological polar surface area (TPSA) is 72.8 Å². The van der Waals surface area contributed by atoms with Gasteiger partial charge in [0.2, 0.25) is 0 Å². The van der Waals surface area contributed by atoms with Gasteiger partial charge in [0.25, 0.3) is 0 Å². The van der Waals surface area contributed by atoms with Crippen molar-refractivity contribution in [2.45, 2.75) is 213 Å². The third kappa shape index (κ3) is 59.3. The largest absolute Gasteiger partial charge is 0.462 e. The van der Waals surface area contributed by atoms with E-state index in [1.54, 1.807) is 0 Å². The zero-order valence-corrected chi connectivity index (χ0v) is 46.8. The second-order valence-electron chi connectivity index (χ2n) is 18.2. The molecule has 0 aliphatic heterocycles. The summed E-state index contributed by atoms with van der Waals surface area (Å²) in [5.74, 6) is -0.684. The fourth-order valence-electron chi connectivity index (χ4n) is 7.12. The van der Waals surface area contributed by atoms with Gasteiger partial charge in [0.1, 0.15) is 6.61 Å². The number of aliphatic hydroxyl groups excluding tert-OH is 1. The molecule has 0 bridgehead atoms. The van der Waals surface area contributed by atoms with Gasteiger partial charge in [0, 0.05) is 12.8 Å². The highest BCUT2D eigenvalue weighted by Gasteiger charge is 2.16. The quantitative estimate of drug-likeness (QED) is 0.0373. The Kier molecular flexibility index (Phi) is 57.6. The Balaban J connectivity index is 3.70. The lowest BCUT2D eigenvalue weighted by molar-refractivity contribution is -0.161. The first-order chi connectivity index (χ1) is 36.6. The van der Waals surface area contributed by atoms with Gasteiger partial charge in [0.05, 0.1) is 6.61 Å². The number of carbonyl (C=O) groups is 2. The molecule has 5 nitrogen and oxygen atoms in total. The van der Waals surface area contributed by atoms with Gasteiger partial charge in [-0.3, -0.25) is 9.59 Å². The van der Waals surface area contributed by atoms with E-state index in [0.717, 1.165) is 135 Å². The van der Waals surface area contributed by atoms with Crippen LogP contribution in [0.5, 0.6) is 0 Å². The molecule has 5 heteroatoms. The second-order valence-corrected chi connectivity index (χ2v) is 18.2. The number of hydrogen-bond donors (Lipinski definition) is 1. The third-order valence-electron chi connectivity index (χ3n) is 11.4. The van der Waals surface area contributed by atoms with E-state index in [1.165, 1.54) is 38.5 Å². The Morgan fingerprint density at radius 3 is 0.851 bits per heavy atom. The molecule has 410 valence electrons. The molecule has 0 radical (unpaired) electrons. The van der Waals surface area contributed by atoms with Crippen LogP contribution < -0.4 is 0 Å². The standard InChI is InChI=1S/C69H104O5/c1-3-5-7-9-11-13-15-17-19-21-23-25-27-29-31-33-34-36-37-39-41-43-45-47-49-51-53-55-57-59-61-63-68(71)73-66-67(65-70)74-69(72)64-62-60-58-56-54-52-50-48-46-44-42-40-38-35-32-30-28-26-24-22-20-18-16-14-12-10-8-6-4-2/h5-8,11-14,17-20,23-26,29-32,34,36,38-41,44,46,50,52,56,58,67,70H,3-4,9-10,15-16,21-22,27-28,33,35,37,42-43,45,47-49,51,53-55,57,59-66H2,1-2H3/b7-5-,8-6-,13-11-,14-12-,19-17-,20-18-,25-23-,26-24-,31-29-,32-30-,36-34-,40-38-,41-39-,46-44-,52-50-,58-56-. The molecule has 1 atom stereocenters. The Hall–Kier alpha value is -5.26. The van der Waals surface area contributed by atoms with Crippen LogP contribution in [0, 0.1) is 0 Å². The summed E-state index contributed by atoms with van der Waals surface area (Å²) in [4.78, 5) is 24.5. The van der Waals surface area contributed by atoms with Crippen molar-refractivity contribution in [3.63, 3.8) is 0 Å². The Morgan fingerprint density at radius 1 is 0.311 bits per heavy atom. The summed E-state index contributed by atoms with van der Waals surface area (Å²) in [6.45, 7) is 3.84. The van der Waals surface area contributed by atoms with Crippen LogP contribution in [0.4, 0.5) is 0 Å². The lowest BCUT2D eigenvalue weighted by Gasteiger charge is -2.15. The van der Waals surface area contributed by atoms with Crippen LogP contribution in [0.25, 0.3) is 0 Å². The van der Waals surface area contributed by atoms with Crippen LogP contribution >= 0.6 is 0 Å². The number of unbranched alkanes of at least 4 members (excludes halogenated alkanes) is 10. The monoisotopic (exact) mass is 1010 g/mol. The molecule has 1 unspecified atom stereocenters. The Labute approximate surface area is 454 Å². The third-order valence-corrected chi connectivity index (χ3v) is 11.4. The smallest absolute Gasteiger partial charge is 0.306 e. The van der Waals surface area contributed by atoms with E-state index in [9.17, 15) is 14.7 Å². The summed E-state index contributed by atoms with van der Waals surface area (Å²) >= 11 is 0. The molecular weight excluding hydrogens is 909 g/mol. The maximum absolute atomic E-state index is 12.3. The van der Waals surface area contributed by atoms with Crippen LogP contribution in [-0.4, -0.2) is 36.4 Å². The zero-order valence-electron chi connectivity index (χ0n) is 46.8. The molecule has 0 rings (SSSR count). The minimum absolute atomic E-state index is 0.107. The van der Waals surface area contributed by atoms with Crippen molar-refractivity contribution in [3.05, 3.63) is 194 Å². The molecule has 0 aromatic heterocycles. The summed E-state index contributed by atoms with van der Waals surface area (Å²) in [6.07, 6.45) is 99.7. The molecule has 0 aliphatic rings. The highest BCUT2D eigenvalue weighted by atomic mass is 16.6. The van der Waals surface area contributed by atoms with E-state index in [0.29, 0.717) is 12.8 Å². The van der Waals surface area contributed by atoms with Crippen LogP contribution in [0.3, 0.4) is 0 Å². The average Bonchev–Trinajstić information content (AvgIpc) is 3.40. The summed E-state index contributed by atoms with van der Waals surface area (Å²) in [5, 5.41) is 9.65. The van der Waals surface area contributed by atoms with Crippen molar-refractivity contribution < 1.29 is 24.2 Å². The molecule has 0 aliphatic carbocycles. The van der Waals surface area contributed by atoms with Gasteiger partial charge in [-0.1, -0.05) is 253 Å². The second kappa shape index (κ2) is 62.0. The van der Waals surface area contributed by atoms with Crippen LogP contribution in [0.1, 0.15) is 206 Å². The fraction of sp³-hybridized carbons (Fsp3) is 0.507. The first-order valence-corrected chi connectivity index (χ1v) is 29.0. The number of aliphatic hydroxyl groups is 1. The normalized spacial score (nSPS) is 13.7. The number of rotatable bonds is 50. The van der Waals surface area contributed by atoms with Crippen molar-refractivity contribution in [2.24, 2.45) is 0 Å². The summed E-state index contributed by atoms with van der Waals surface area (Å²) < 4.78 is 10.7. The van der Waals surface area contributed by atoms with E-state index in [2.05, 4.69) is 208 Å². The van der Waals surface area contributed by atoms with E-state index in [4.69, 9.17) is 9.47 Å². The lowest BCUT2D eigenvalue weighted by Crippen LogP contribution is -2.28. The van der Waals surface area contributed by atoms with Crippen molar-refractivity contribution in [1.82, 2.24) is 0 Å². The van der Waals surface area contributed by atoms with Crippen molar-refractivity contribution in [1.29, 1.82) is 0 Å². The van der Waals surface area contributed by atoms with Gasteiger partial charge in [-0.05, 0) is 135 Å². The Bertz CT molecular complexity index is 1760. The first-order valence-electron chi connectivity index (χ1n) is 29.0. The number of esters is 2. The maximum atomic E-state index is 12.3. The minimum atomic E-state index is -0.823. The lowest BCUT2D eigenvalue weighted by atomic mass is 10.1. The minimum Gasteiger partial charge on any atom is -0.462 e. The molecule has 0 saturated carbocycles. The molecule has 1 N–H and O–H groups in total. The van der Waals surface area contributed by atoms with Gasteiger partial charge < -0.3 is 14.6 Å². The highest BCUT2D eigenvalue weighted by Crippen LogP contribution is 2.13.